The fraction of sp³-hybridized carbons (Fsp3) is 0.462. The van der Waals surface area contributed by atoms with E-state index in [9.17, 15) is 0 Å². The van der Waals surface area contributed by atoms with Crippen molar-refractivity contribution < 1.29 is 113 Å². The Morgan fingerprint density at radius 1 is 0.293 bits per heavy atom. The van der Waals surface area contributed by atoms with Crippen LogP contribution < -0.4 is 46.5 Å². The van der Waals surface area contributed by atoms with E-state index in [1.54, 1.807) is 24.8 Å². The standard InChI is InChI=1S/2C26H34N8S2.2Au.2ClH.8H2O.S8/c2*35-25(33-17-9-1-2-10-18-33)31-29-23(21-13-5-7-15-27-21)24(22-14-6-8-16-28-22)30-32-26(36)34-19-11-3-4-12-20-34;;;;;;;;;;;;;1-2-4-6-8-7-5-3-1/h2*5-8,13-16H,1-4,9-12,17-20H2,(H,31,35)(H,32,36);;;2*1H;8*1H2;/q;;2*+1;;;;;;;;;;;/p-2/b2*29-23+,30-24+;;;;;;;;;;;;;. The van der Waals surface area contributed by atoms with Crippen LogP contribution in [0.5, 0.6) is 0 Å². The first-order chi connectivity index (χ1) is 39.4. The van der Waals surface area contributed by atoms with E-state index in [0.29, 0.717) is 66.1 Å². The van der Waals surface area contributed by atoms with Gasteiger partial charge in [0, 0.05) is 156 Å². The Balaban J connectivity index is -0.000000320. The van der Waals surface area contributed by atoms with Gasteiger partial charge in [0.15, 0.2) is 20.4 Å². The summed E-state index contributed by atoms with van der Waals surface area (Å²) in [6, 6.07) is 22.8. The number of rotatable bonds is 10. The van der Waals surface area contributed by atoms with Crippen molar-refractivity contribution in [3.8, 4) is 0 Å². The van der Waals surface area contributed by atoms with Gasteiger partial charge in [-0.1, -0.05) is 75.6 Å². The molecule has 40 heteroatoms. The number of hydrazone groups is 4. The van der Waals surface area contributed by atoms with Crippen molar-refractivity contribution in [3.05, 3.63) is 120 Å². The second kappa shape index (κ2) is 61.9. The van der Waals surface area contributed by atoms with Crippen LogP contribution >= 0.6 is 127 Å². The van der Waals surface area contributed by atoms with Gasteiger partial charge in [0.05, 0.1) is 22.8 Å². The Kier molecular flexibility index (Phi) is 68.3. The summed E-state index contributed by atoms with van der Waals surface area (Å²) in [7, 11) is 14.7. The molecule has 5 aliphatic rings. The molecule has 5 aliphatic heterocycles. The maximum absolute atomic E-state index is 5.70. The van der Waals surface area contributed by atoms with Crippen molar-refractivity contribution in [2.24, 2.45) is 20.4 Å². The van der Waals surface area contributed by atoms with E-state index in [-0.39, 0.29) is 113 Å². The summed E-state index contributed by atoms with van der Waals surface area (Å²) in [6.07, 6.45) is 25.9. The first-order valence-corrected chi connectivity index (χ1v) is 39.2. The molecule has 0 aliphatic carbocycles. The van der Waals surface area contributed by atoms with E-state index in [1.165, 1.54) is 51.4 Å². The van der Waals surface area contributed by atoms with Gasteiger partial charge in [0.25, 0.3) is 0 Å². The maximum atomic E-state index is 5.70. The van der Waals surface area contributed by atoms with Gasteiger partial charge in [0.1, 0.15) is 22.8 Å². The third-order valence-corrected chi connectivity index (χ3v) is 32.1. The molecule has 5 fully saturated rings. The Hall–Kier alpha value is -1.42. The maximum Gasteiger partial charge on any atom is 1.00 e. The Bertz CT molecular complexity index is 2300. The van der Waals surface area contributed by atoms with Crippen LogP contribution in [0.25, 0.3) is 0 Å². The predicted molar refractivity (Wildman–Crippen MR) is 396 cm³/mol. The van der Waals surface area contributed by atoms with E-state index >= 15 is 0 Å². The second-order valence-electron chi connectivity index (χ2n) is 18.5. The van der Waals surface area contributed by atoms with Crippen molar-refractivity contribution in [3.63, 3.8) is 0 Å². The quantitative estimate of drug-likeness (QED) is 0.0560. The van der Waals surface area contributed by atoms with E-state index in [0.717, 1.165) is 104 Å². The van der Waals surface area contributed by atoms with Gasteiger partial charge in [0.2, 0.25) is 0 Å². The minimum absolute atomic E-state index is 0. The smallest absolute Gasteiger partial charge is 1.00 e. The number of likely N-dealkylation sites (tertiary alicyclic amines) is 4. The molecule has 0 saturated carbocycles. The van der Waals surface area contributed by atoms with Crippen molar-refractivity contribution in [1.82, 2.24) is 61.2 Å². The number of pyridine rings is 4. The predicted octanol–water partition coefficient (Wildman–Crippen LogP) is 0.763. The molecule has 0 aromatic carbocycles. The van der Waals surface area contributed by atoms with Crippen LogP contribution in [0.15, 0.2) is 118 Å². The van der Waals surface area contributed by atoms with Crippen LogP contribution in [0.1, 0.15) is 126 Å². The Labute approximate surface area is 634 Å². The fourth-order valence-electron chi connectivity index (χ4n) is 8.82. The average Bonchev–Trinajstić information content (AvgIpc) is 1.12. The molecule has 24 nitrogen and oxygen atoms in total. The zero-order valence-corrected chi connectivity index (χ0v) is 65.5. The molecule has 528 valence electrons. The number of aromatic nitrogens is 4. The molecular weight excluding hydrogens is 1830 g/mol. The van der Waals surface area contributed by atoms with Gasteiger partial charge >= 0.3 is 44.8 Å². The molecular formula is C52H84Au2Cl2N16O8S12. The zero-order chi connectivity index (χ0) is 55.7. The van der Waals surface area contributed by atoms with Crippen LogP contribution in [0.4, 0.5) is 0 Å². The van der Waals surface area contributed by atoms with Crippen molar-refractivity contribution in [2.45, 2.75) is 103 Å². The molecule has 0 amide bonds. The van der Waals surface area contributed by atoms with Crippen LogP contribution in [0, 0.1) is 0 Å². The van der Waals surface area contributed by atoms with Gasteiger partial charge < -0.3 is 88.2 Å². The summed E-state index contributed by atoms with van der Waals surface area (Å²) < 4.78 is 0. The summed E-state index contributed by atoms with van der Waals surface area (Å²) in [6.45, 7) is 7.50. The third-order valence-electron chi connectivity index (χ3n) is 12.9. The van der Waals surface area contributed by atoms with Crippen LogP contribution in [0.3, 0.4) is 0 Å². The Morgan fingerprint density at radius 2 is 0.457 bits per heavy atom. The average molecular weight is 1910 g/mol. The molecule has 9 rings (SSSR count). The van der Waals surface area contributed by atoms with Gasteiger partial charge in [-0.05, 0) is 149 Å². The fourth-order valence-corrected chi connectivity index (χ4v) is 31.7. The molecule has 0 bridgehead atoms. The summed E-state index contributed by atoms with van der Waals surface area (Å²) in [4.78, 5) is 27.0. The van der Waals surface area contributed by atoms with Crippen molar-refractivity contribution >= 4 is 171 Å². The van der Waals surface area contributed by atoms with E-state index in [1.807, 2.05) is 151 Å². The number of thiocarbonyl (C=S) groups is 4. The van der Waals surface area contributed by atoms with Crippen molar-refractivity contribution in [2.75, 3.05) is 52.4 Å². The number of hydrogen-bond acceptors (Lipinski definition) is 20. The van der Waals surface area contributed by atoms with Crippen LogP contribution in [-0.2, 0) is 44.8 Å². The molecule has 92 heavy (non-hydrogen) atoms. The summed E-state index contributed by atoms with van der Waals surface area (Å²) in [5.74, 6) is 0. The SMILES string of the molecule is O.O.O.O.O.O.O.O.S1SSSSSSS1.S=C(N/N=C(/C(=N/NC(=S)N1CCCCCC1)c1ccccn1)c1ccccn1)N1CCCCCC1.S=C(N/N=C(/C(=N/NC(=S)N1CCCCCC1)c1ccccn1)c1ccccn1)N1CCCCCC1.[Au+].[Au+].[Cl-].[Cl-]. The van der Waals surface area contributed by atoms with Gasteiger partial charge in [-0.2, -0.15) is 20.4 Å². The van der Waals surface area contributed by atoms with Crippen LogP contribution in [0.2, 0.25) is 0 Å². The monoisotopic (exact) mass is 1910 g/mol. The van der Waals surface area contributed by atoms with Gasteiger partial charge in [-0.25, -0.2) is 0 Å². The largest absolute Gasteiger partial charge is 1.00 e. The van der Waals surface area contributed by atoms with Gasteiger partial charge in [-0.3, -0.25) is 41.6 Å². The molecule has 4 aromatic rings. The summed E-state index contributed by atoms with van der Waals surface area (Å²) >= 11 is 22.8. The molecule has 4 aromatic heterocycles. The molecule has 5 saturated heterocycles. The summed E-state index contributed by atoms with van der Waals surface area (Å²) in [5.41, 5.74) is 17.3. The first-order valence-electron chi connectivity index (χ1n) is 26.9. The zero-order valence-electron chi connectivity index (χ0n) is 49.8. The Morgan fingerprint density at radius 3 is 0.598 bits per heavy atom. The minimum Gasteiger partial charge on any atom is -1.00 e. The number of nitrogens with one attached hydrogen (secondary N) is 4. The summed E-state index contributed by atoms with van der Waals surface area (Å²) in [5, 5.41) is 21.4. The molecule has 9 heterocycles. The van der Waals surface area contributed by atoms with E-state index in [4.69, 9.17) is 69.3 Å². The number of halogens is 2. The molecule has 0 spiro atoms. The van der Waals surface area contributed by atoms with E-state index in [2.05, 4.69) is 61.2 Å². The third kappa shape index (κ3) is 37.5. The molecule has 20 N–H and O–H groups in total. The van der Waals surface area contributed by atoms with E-state index < -0.39 is 0 Å². The molecule has 0 radical (unpaired) electrons. The van der Waals surface area contributed by atoms with Gasteiger partial charge in [-0.15, -0.1) is 0 Å². The second-order valence-corrected chi connectivity index (χ2v) is 34.2. The number of nitrogens with zero attached hydrogens (tertiary/aromatic N) is 12. The molecule has 0 unspecified atom stereocenters. The topological polar surface area (TPSA) is 414 Å². The molecule has 0 atom stereocenters. The number of hydrogen-bond donors (Lipinski definition) is 4. The first kappa shape index (κ1) is 102. The van der Waals surface area contributed by atoms with Crippen LogP contribution in [-0.4, -0.2) is 179 Å². The van der Waals surface area contributed by atoms with Crippen molar-refractivity contribution in [1.29, 1.82) is 0 Å². The normalized spacial score (nSPS) is 15.9. The minimum atomic E-state index is 0.